The van der Waals surface area contributed by atoms with Crippen LogP contribution in [0.4, 0.5) is 0 Å². The number of esters is 1. The number of hydroxylamine groups is 1. The number of carbonyl (C=O) groups excluding carboxylic acids is 1. The van der Waals surface area contributed by atoms with E-state index in [1.165, 1.54) is 0 Å². The van der Waals surface area contributed by atoms with Crippen LogP contribution in [0, 0.1) is 0 Å². The van der Waals surface area contributed by atoms with Crippen molar-refractivity contribution in [3.63, 3.8) is 0 Å². The summed E-state index contributed by atoms with van der Waals surface area (Å²) < 4.78 is 10.7. The second kappa shape index (κ2) is 6.24. The third kappa shape index (κ3) is 3.72. The Morgan fingerprint density at radius 1 is 1.47 bits per heavy atom. The van der Waals surface area contributed by atoms with Crippen LogP contribution < -0.4 is 15.0 Å². The summed E-state index contributed by atoms with van der Waals surface area (Å²) >= 11 is 0. The van der Waals surface area contributed by atoms with Crippen LogP contribution in [0.5, 0.6) is 11.5 Å². The second-order valence-electron chi connectivity index (χ2n) is 4.19. The fraction of sp³-hybridized carbons (Fsp3) is 0.357. The molecular weight excluding hydrogens is 246 g/mol. The van der Waals surface area contributed by atoms with Crippen molar-refractivity contribution in [3.8, 4) is 11.5 Å². The number of benzene rings is 1. The van der Waals surface area contributed by atoms with Crippen molar-refractivity contribution < 1.29 is 19.1 Å². The molecule has 0 aliphatic carbocycles. The lowest BCUT2D eigenvalue weighted by Gasteiger charge is -2.16. The monoisotopic (exact) mass is 263 g/mol. The highest BCUT2D eigenvalue weighted by Crippen LogP contribution is 2.29. The van der Waals surface area contributed by atoms with Crippen LogP contribution in [0.2, 0.25) is 0 Å². The highest BCUT2D eigenvalue weighted by Gasteiger charge is 2.17. The van der Waals surface area contributed by atoms with Crippen molar-refractivity contribution in [1.29, 1.82) is 0 Å². The third-order valence-corrected chi connectivity index (χ3v) is 2.76. The van der Waals surface area contributed by atoms with Gasteiger partial charge in [0.15, 0.2) is 0 Å². The molecule has 0 unspecified atom stereocenters. The SMILES string of the molecule is C=C(CCOc1ccc2c(c1)OC(=O)CC2)ONC. The maximum atomic E-state index is 11.2. The molecule has 102 valence electrons. The van der Waals surface area contributed by atoms with Crippen molar-refractivity contribution >= 4 is 5.97 Å². The summed E-state index contributed by atoms with van der Waals surface area (Å²) in [5.41, 5.74) is 3.59. The van der Waals surface area contributed by atoms with Gasteiger partial charge in [0.25, 0.3) is 0 Å². The number of fused-ring (bicyclic) bond motifs is 1. The number of carbonyl (C=O) groups is 1. The van der Waals surface area contributed by atoms with Crippen molar-refractivity contribution in [2.45, 2.75) is 19.3 Å². The molecular formula is C14H17NO4. The lowest BCUT2D eigenvalue weighted by molar-refractivity contribution is -0.135. The molecule has 0 radical (unpaired) electrons. The van der Waals surface area contributed by atoms with Gasteiger partial charge >= 0.3 is 5.97 Å². The molecule has 2 rings (SSSR count). The summed E-state index contributed by atoms with van der Waals surface area (Å²) in [5, 5.41) is 0. The van der Waals surface area contributed by atoms with Gasteiger partial charge in [-0.05, 0) is 18.1 Å². The lowest BCUT2D eigenvalue weighted by atomic mass is 10.1. The van der Waals surface area contributed by atoms with Crippen LogP contribution in [-0.4, -0.2) is 19.6 Å². The van der Waals surface area contributed by atoms with Crippen molar-refractivity contribution in [2.75, 3.05) is 13.7 Å². The van der Waals surface area contributed by atoms with Gasteiger partial charge in [-0.15, -0.1) is 0 Å². The van der Waals surface area contributed by atoms with Crippen LogP contribution in [-0.2, 0) is 16.1 Å². The lowest BCUT2D eigenvalue weighted by Crippen LogP contribution is -2.15. The Labute approximate surface area is 112 Å². The topological polar surface area (TPSA) is 56.8 Å². The van der Waals surface area contributed by atoms with Gasteiger partial charge in [-0.25, -0.2) is 0 Å². The zero-order chi connectivity index (χ0) is 13.7. The normalized spacial score (nSPS) is 13.4. The Kier molecular flexibility index (Phi) is 4.41. The molecule has 5 heteroatoms. The Bertz CT molecular complexity index is 484. The van der Waals surface area contributed by atoms with Crippen LogP contribution in [0.25, 0.3) is 0 Å². The molecule has 0 spiro atoms. The molecule has 1 aromatic rings. The van der Waals surface area contributed by atoms with E-state index in [9.17, 15) is 4.79 Å². The van der Waals surface area contributed by atoms with Gasteiger partial charge in [0, 0.05) is 19.5 Å². The Morgan fingerprint density at radius 2 is 2.32 bits per heavy atom. The number of hydrogen-bond donors (Lipinski definition) is 1. The smallest absolute Gasteiger partial charge is 0.311 e. The number of nitrogens with one attached hydrogen (secondary N) is 1. The first kappa shape index (κ1) is 13.4. The van der Waals surface area contributed by atoms with Crippen LogP contribution in [0.15, 0.2) is 30.5 Å². The minimum Gasteiger partial charge on any atom is -0.493 e. The Morgan fingerprint density at radius 3 is 3.11 bits per heavy atom. The van der Waals surface area contributed by atoms with E-state index < -0.39 is 0 Å². The molecule has 0 amide bonds. The molecule has 1 N–H and O–H groups in total. The summed E-state index contributed by atoms with van der Waals surface area (Å²) in [7, 11) is 1.67. The molecule has 0 aromatic heterocycles. The fourth-order valence-electron chi connectivity index (χ4n) is 1.81. The first-order valence-corrected chi connectivity index (χ1v) is 6.17. The Balaban J connectivity index is 1.89. The number of aryl methyl sites for hydroxylation is 1. The van der Waals surface area contributed by atoms with Gasteiger partial charge in [0.2, 0.25) is 0 Å². The van der Waals surface area contributed by atoms with E-state index in [2.05, 4.69) is 12.1 Å². The maximum Gasteiger partial charge on any atom is 0.311 e. The van der Waals surface area contributed by atoms with Crippen molar-refractivity contribution in [3.05, 3.63) is 36.1 Å². The van der Waals surface area contributed by atoms with Gasteiger partial charge in [-0.1, -0.05) is 12.6 Å². The third-order valence-electron chi connectivity index (χ3n) is 2.76. The molecule has 1 heterocycles. The predicted molar refractivity (Wildman–Crippen MR) is 69.8 cm³/mol. The highest BCUT2D eigenvalue weighted by atomic mass is 16.6. The van der Waals surface area contributed by atoms with Crippen LogP contribution in [0.3, 0.4) is 0 Å². The fourth-order valence-corrected chi connectivity index (χ4v) is 1.81. The summed E-state index contributed by atoms with van der Waals surface area (Å²) in [4.78, 5) is 16.2. The molecule has 0 saturated heterocycles. The van der Waals surface area contributed by atoms with Crippen LogP contribution in [0.1, 0.15) is 18.4 Å². The van der Waals surface area contributed by atoms with Gasteiger partial charge in [0.1, 0.15) is 17.3 Å². The van der Waals surface area contributed by atoms with E-state index in [1.807, 2.05) is 12.1 Å². The summed E-state index contributed by atoms with van der Waals surface area (Å²) in [6.45, 7) is 4.17. The Hall–Kier alpha value is -2.01. The predicted octanol–water partition coefficient (Wildman–Crippen LogP) is 1.97. The van der Waals surface area contributed by atoms with Gasteiger partial charge < -0.3 is 14.3 Å². The van der Waals surface area contributed by atoms with E-state index in [-0.39, 0.29) is 5.97 Å². The van der Waals surface area contributed by atoms with E-state index in [0.29, 0.717) is 36.7 Å². The van der Waals surface area contributed by atoms with Gasteiger partial charge in [-0.2, -0.15) is 5.48 Å². The summed E-state index contributed by atoms with van der Waals surface area (Å²) in [5.74, 6) is 1.68. The van der Waals surface area contributed by atoms with Crippen LogP contribution >= 0.6 is 0 Å². The first-order valence-electron chi connectivity index (χ1n) is 6.17. The molecule has 19 heavy (non-hydrogen) atoms. The average molecular weight is 263 g/mol. The zero-order valence-electron chi connectivity index (χ0n) is 10.9. The summed E-state index contributed by atoms with van der Waals surface area (Å²) in [6.07, 6.45) is 1.74. The van der Waals surface area contributed by atoms with E-state index in [1.54, 1.807) is 13.1 Å². The largest absolute Gasteiger partial charge is 0.493 e. The van der Waals surface area contributed by atoms with E-state index >= 15 is 0 Å². The molecule has 5 nitrogen and oxygen atoms in total. The highest BCUT2D eigenvalue weighted by molar-refractivity contribution is 5.75. The minimum atomic E-state index is -0.194. The molecule has 0 fully saturated rings. The van der Waals surface area contributed by atoms with Gasteiger partial charge in [0.05, 0.1) is 13.0 Å². The van der Waals surface area contributed by atoms with E-state index in [0.717, 1.165) is 12.0 Å². The van der Waals surface area contributed by atoms with Gasteiger partial charge in [-0.3, -0.25) is 4.79 Å². The molecule has 0 bridgehead atoms. The standard InChI is InChI=1S/C14H17NO4/c1-10(19-15-2)7-8-17-12-5-3-11-4-6-14(16)18-13(11)9-12/h3,5,9,15H,1,4,6-8H2,2H3. The average Bonchev–Trinajstić information content (AvgIpc) is 2.38. The number of ether oxygens (including phenoxy) is 2. The molecule has 0 atom stereocenters. The molecule has 1 aliphatic heterocycles. The molecule has 0 saturated carbocycles. The van der Waals surface area contributed by atoms with Crippen molar-refractivity contribution in [1.82, 2.24) is 5.48 Å². The second-order valence-corrected chi connectivity index (χ2v) is 4.19. The number of rotatable bonds is 6. The molecule has 1 aromatic carbocycles. The van der Waals surface area contributed by atoms with E-state index in [4.69, 9.17) is 14.3 Å². The zero-order valence-corrected chi connectivity index (χ0v) is 10.9. The molecule has 1 aliphatic rings. The maximum absolute atomic E-state index is 11.2. The number of hydrogen-bond acceptors (Lipinski definition) is 5. The first-order chi connectivity index (χ1) is 9.19. The summed E-state index contributed by atoms with van der Waals surface area (Å²) in [6, 6.07) is 5.55. The quantitative estimate of drug-likeness (QED) is 0.368. The van der Waals surface area contributed by atoms with Crippen molar-refractivity contribution in [2.24, 2.45) is 0 Å². The minimum absolute atomic E-state index is 0.194.